The summed E-state index contributed by atoms with van der Waals surface area (Å²) in [6.07, 6.45) is 1.07. The van der Waals surface area contributed by atoms with Crippen LogP contribution in [0.3, 0.4) is 0 Å². The van der Waals surface area contributed by atoms with Crippen molar-refractivity contribution in [2.45, 2.75) is 6.42 Å². The molecule has 0 saturated carbocycles. The van der Waals surface area contributed by atoms with Crippen LogP contribution in [0.1, 0.15) is 12.0 Å². The molecule has 1 aliphatic heterocycles. The molecule has 1 fully saturated rings. The standard InChI is InChI=1S/C25H26FN5O2/c1-30(15-17-10-11-28-14-17)25-29-23(18-6-4-16(13-27)5-7-18)22(24(32)31(25)2)19-8-9-21(33-3)20(26)12-19/h4-9,12,17,28H,10-11,14-15H2,1-3H3. The van der Waals surface area contributed by atoms with Crippen LogP contribution < -0.4 is 20.5 Å². The lowest BCUT2D eigenvalue weighted by atomic mass is 9.99. The largest absolute Gasteiger partial charge is 0.494 e. The molecule has 0 radical (unpaired) electrons. The molecule has 170 valence electrons. The molecule has 1 N–H and O–H groups in total. The minimum atomic E-state index is -0.558. The first-order chi connectivity index (χ1) is 15.9. The highest BCUT2D eigenvalue weighted by Gasteiger charge is 2.23. The van der Waals surface area contributed by atoms with Gasteiger partial charge in [-0.3, -0.25) is 9.36 Å². The molecule has 0 bridgehead atoms. The van der Waals surface area contributed by atoms with E-state index in [9.17, 15) is 9.18 Å². The van der Waals surface area contributed by atoms with Gasteiger partial charge < -0.3 is 15.0 Å². The number of halogens is 1. The van der Waals surface area contributed by atoms with Gasteiger partial charge in [0, 0.05) is 26.2 Å². The summed E-state index contributed by atoms with van der Waals surface area (Å²) in [6, 6.07) is 13.4. The molecule has 1 atom stereocenters. The average Bonchev–Trinajstić information content (AvgIpc) is 3.33. The van der Waals surface area contributed by atoms with Gasteiger partial charge in [0.05, 0.1) is 30.0 Å². The van der Waals surface area contributed by atoms with Crippen LogP contribution >= 0.6 is 0 Å². The van der Waals surface area contributed by atoms with E-state index in [4.69, 9.17) is 15.0 Å². The van der Waals surface area contributed by atoms with Crippen molar-refractivity contribution in [1.29, 1.82) is 5.26 Å². The first-order valence-electron chi connectivity index (χ1n) is 10.8. The van der Waals surface area contributed by atoms with Crippen LogP contribution in [0, 0.1) is 23.1 Å². The van der Waals surface area contributed by atoms with Gasteiger partial charge in [0.25, 0.3) is 5.56 Å². The van der Waals surface area contributed by atoms with Gasteiger partial charge in [0.2, 0.25) is 5.95 Å². The predicted octanol–water partition coefficient (Wildman–Crippen LogP) is 3.18. The first-order valence-corrected chi connectivity index (χ1v) is 10.8. The third-order valence-electron chi connectivity index (χ3n) is 6.03. The Morgan fingerprint density at radius 1 is 1.27 bits per heavy atom. The molecule has 33 heavy (non-hydrogen) atoms. The first kappa shape index (κ1) is 22.5. The fraction of sp³-hybridized carbons (Fsp3) is 0.320. The summed E-state index contributed by atoms with van der Waals surface area (Å²) in [5.41, 5.74) is 2.05. The number of nitriles is 1. The van der Waals surface area contributed by atoms with E-state index in [0.717, 1.165) is 26.1 Å². The Labute approximate surface area is 192 Å². The molecule has 3 aromatic rings. The van der Waals surface area contributed by atoms with E-state index in [1.165, 1.54) is 23.8 Å². The van der Waals surface area contributed by atoms with Crippen molar-refractivity contribution in [3.63, 3.8) is 0 Å². The topological polar surface area (TPSA) is 83.2 Å². The van der Waals surface area contributed by atoms with Gasteiger partial charge in [-0.1, -0.05) is 18.2 Å². The number of hydrogen-bond acceptors (Lipinski definition) is 6. The molecule has 1 aromatic heterocycles. The van der Waals surface area contributed by atoms with Crippen LogP contribution in [0.15, 0.2) is 47.3 Å². The van der Waals surface area contributed by atoms with Crippen molar-refractivity contribution in [3.8, 4) is 34.2 Å². The molecule has 0 amide bonds. The summed E-state index contributed by atoms with van der Waals surface area (Å²) < 4.78 is 21.1. The summed E-state index contributed by atoms with van der Waals surface area (Å²) in [6.45, 7) is 2.68. The summed E-state index contributed by atoms with van der Waals surface area (Å²) in [5, 5.41) is 12.5. The Hall–Kier alpha value is -3.70. The summed E-state index contributed by atoms with van der Waals surface area (Å²) in [5.74, 6) is 0.548. The fourth-order valence-corrected chi connectivity index (χ4v) is 4.26. The molecule has 7 nitrogen and oxygen atoms in total. The van der Waals surface area contributed by atoms with Crippen molar-refractivity contribution in [2.24, 2.45) is 13.0 Å². The van der Waals surface area contributed by atoms with Crippen LogP contribution in [-0.2, 0) is 7.05 Å². The quantitative estimate of drug-likeness (QED) is 0.625. The van der Waals surface area contributed by atoms with Crippen LogP contribution in [-0.4, -0.2) is 43.3 Å². The number of ether oxygens (including phenoxy) is 1. The molecular formula is C25H26FN5O2. The number of methoxy groups -OCH3 is 1. The van der Waals surface area contributed by atoms with E-state index in [1.807, 2.05) is 11.9 Å². The van der Waals surface area contributed by atoms with Crippen molar-refractivity contribution in [3.05, 3.63) is 64.2 Å². The zero-order chi connectivity index (χ0) is 23.5. The van der Waals surface area contributed by atoms with E-state index in [1.54, 1.807) is 37.4 Å². The number of hydrogen-bond donors (Lipinski definition) is 1. The molecule has 4 rings (SSSR count). The van der Waals surface area contributed by atoms with Crippen LogP contribution in [0.4, 0.5) is 10.3 Å². The second kappa shape index (κ2) is 9.43. The summed E-state index contributed by atoms with van der Waals surface area (Å²) in [7, 11) is 5.00. The minimum Gasteiger partial charge on any atom is -0.494 e. The number of benzene rings is 2. The maximum atomic E-state index is 14.5. The van der Waals surface area contributed by atoms with Crippen molar-refractivity contribution >= 4 is 5.95 Å². The van der Waals surface area contributed by atoms with E-state index < -0.39 is 5.82 Å². The molecule has 1 unspecified atom stereocenters. The Kier molecular flexibility index (Phi) is 6.43. The highest BCUT2D eigenvalue weighted by Crippen LogP contribution is 2.32. The number of nitrogens with zero attached hydrogens (tertiary/aromatic N) is 4. The number of nitrogens with one attached hydrogen (secondary N) is 1. The lowest BCUT2D eigenvalue weighted by molar-refractivity contribution is 0.386. The van der Waals surface area contributed by atoms with Crippen LogP contribution in [0.5, 0.6) is 5.75 Å². The zero-order valence-electron chi connectivity index (χ0n) is 18.9. The van der Waals surface area contributed by atoms with Crippen molar-refractivity contribution in [1.82, 2.24) is 14.9 Å². The smallest absolute Gasteiger partial charge is 0.263 e. The van der Waals surface area contributed by atoms with Gasteiger partial charge >= 0.3 is 0 Å². The van der Waals surface area contributed by atoms with E-state index >= 15 is 0 Å². The maximum Gasteiger partial charge on any atom is 0.263 e. The Bertz CT molecular complexity index is 1260. The molecule has 0 spiro atoms. The second-order valence-corrected chi connectivity index (χ2v) is 8.28. The van der Waals surface area contributed by atoms with Gasteiger partial charge in [-0.05, 0) is 55.3 Å². The number of rotatable bonds is 6. The molecular weight excluding hydrogens is 421 g/mol. The summed E-state index contributed by atoms with van der Waals surface area (Å²) in [4.78, 5) is 20.5. The molecule has 2 heterocycles. The third-order valence-corrected chi connectivity index (χ3v) is 6.03. The number of aromatic nitrogens is 2. The highest BCUT2D eigenvalue weighted by molar-refractivity contribution is 5.81. The lowest BCUT2D eigenvalue weighted by Crippen LogP contribution is -2.34. The van der Waals surface area contributed by atoms with Crippen LogP contribution in [0.25, 0.3) is 22.4 Å². The second-order valence-electron chi connectivity index (χ2n) is 8.28. The molecule has 1 saturated heterocycles. The SMILES string of the molecule is COc1ccc(-c2c(-c3ccc(C#N)cc3)nc(N(C)CC3CCNC3)n(C)c2=O)cc1F. The Balaban J connectivity index is 1.89. The van der Waals surface area contributed by atoms with E-state index in [-0.39, 0.29) is 11.3 Å². The third kappa shape index (κ3) is 4.45. The Morgan fingerprint density at radius 2 is 2.00 bits per heavy atom. The van der Waals surface area contributed by atoms with Gasteiger partial charge in [-0.15, -0.1) is 0 Å². The molecule has 8 heteroatoms. The van der Waals surface area contributed by atoms with Gasteiger partial charge in [-0.25, -0.2) is 9.37 Å². The van der Waals surface area contributed by atoms with E-state index in [2.05, 4.69) is 11.4 Å². The summed E-state index contributed by atoms with van der Waals surface area (Å²) >= 11 is 0. The average molecular weight is 448 g/mol. The lowest BCUT2D eigenvalue weighted by Gasteiger charge is -2.25. The molecule has 0 aliphatic carbocycles. The van der Waals surface area contributed by atoms with Crippen molar-refractivity contribution < 1.29 is 9.13 Å². The highest BCUT2D eigenvalue weighted by atomic mass is 19.1. The predicted molar refractivity (Wildman–Crippen MR) is 126 cm³/mol. The maximum absolute atomic E-state index is 14.5. The fourth-order valence-electron chi connectivity index (χ4n) is 4.26. The normalized spacial score (nSPS) is 15.3. The minimum absolute atomic E-state index is 0.102. The van der Waals surface area contributed by atoms with E-state index in [0.29, 0.717) is 39.8 Å². The molecule has 2 aromatic carbocycles. The Morgan fingerprint density at radius 3 is 2.61 bits per heavy atom. The zero-order valence-corrected chi connectivity index (χ0v) is 18.9. The van der Waals surface area contributed by atoms with Crippen molar-refractivity contribution in [2.75, 3.05) is 38.7 Å². The van der Waals surface area contributed by atoms with Gasteiger partial charge in [0.15, 0.2) is 11.6 Å². The number of anilines is 1. The van der Waals surface area contributed by atoms with Gasteiger partial charge in [-0.2, -0.15) is 5.26 Å². The molecule has 1 aliphatic rings. The monoisotopic (exact) mass is 447 g/mol. The van der Waals surface area contributed by atoms with Crippen LogP contribution in [0.2, 0.25) is 0 Å². The van der Waals surface area contributed by atoms with Gasteiger partial charge in [0.1, 0.15) is 0 Å².